The molecule has 1 heterocycles. The number of unbranched alkanes of at least 4 members (excludes halogenated alkanes) is 2. The number of thiol groups is 1. The first-order chi connectivity index (χ1) is 18.9. The fourth-order valence-electron chi connectivity index (χ4n) is 4.56. The molecule has 0 spiro atoms. The van der Waals surface area contributed by atoms with E-state index in [1.165, 1.54) is 0 Å². The highest BCUT2D eigenvalue weighted by Crippen LogP contribution is 2.30. The molecule has 0 aliphatic carbocycles. The van der Waals surface area contributed by atoms with Crippen LogP contribution in [0.2, 0.25) is 0 Å². The monoisotopic (exact) mass is 552 g/mol. The van der Waals surface area contributed by atoms with Crippen molar-refractivity contribution in [2.75, 3.05) is 18.9 Å². The Hall–Kier alpha value is -3.24. The summed E-state index contributed by atoms with van der Waals surface area (Å²) >= 11 is 4.32. The van der Waals surface area contributed by atoms with Crippen molar-refractivity contribution < 1.29 is 14.7 Å². The quantitative estimate of drug-likeness (QED) is 0.166. The maximum Gasteiger partial charge on any atom is 0.247 e. The van der Waals surface area contributed by atoms with Gasteiger partial charge in [0.15, 0.2) is 0 Å². The third-order valence-electron chi connectivity index (χ3n) is 6.64. The molecule has 0 saturated carbocycles. The zero-order valence-electron chi connectivity index (χ0n) is 23.0. The molecule has 1 unspecified atom stereocenters. The second-order valence-electron chi connectivity index (χ2n) is 10.2. The first-order valence-electron chi connectivity index (χ1n) is 13.6. The SMILES string of the molecule is CCCCCN(Cc1ccc(-c2ccccc2-c2nn[nH]n2)cc1)C(=O)[C@H](CO)NC(=O)C(CS)CC(C)C. The Labute approximate surface area is 236 Å². The molecule has 0 saturated heterocycles. The number of amides is 2. The van der Waals surface area contributed by atoms with Crippen LogP contribution in [0.15, 0.2) is 48.5 Å². The van der Waals surface area contributed by atoms with Crippen molar-refractivity contribution in [3.63, 3.8) is 0 Å². The van der Waals surface area contributed by atoms with Crippen molar-refractivity contribution >= 4 is 24.4 Å². The van der Waals surface area contributed by atoms with Gasteiger partial charge in [0, 0.05) is 30.3 Å². The molecule has 2 aromatic carbocycles. The van der Waals surface area contributed by atoms with E-state index in [9.17, 15) is 14.7 Å². The molecule has 3 N–H and O–H groups in total. The summed E-state index contributed by atoms with van der Waals surface area (Å²) in [4.78, 5) is 28.1. The van der Waals surface area contributed by atoms with E-state index in [0.717, 1.165) is 41.5 Å². The van der Waals surface area contributed by atoms with Gasteiger partial charge < -0.3 is 15.3 Å². The van der Waals surface area contributed by atoms with Gasteiger partial charge in [0.05, 0.1) is 6.61 Å². The molecule has 39 heavy (non-hydrogen) atoms. The van der Waals surface area contributed by atoms with Gasteiger partial charge in [-0.05, 0) is 40.7 Å². The van der Waals surface area contributed by atoms with Crippen LogP contribution in [-0.4, -0.2) is 67.4 Å². The summed E-state index contributed by atoms with van der Waals surface area (Å²) in [5, 5.41) is 27.2. The van der Waals surface area contributed by atoms with Crippen LogP contribution in [-0.2, 0) is 16.1 Å². The molecule has 1 aromatic heterocycles. The predicted molar refractivity (Wildman–Crippen MR) is 156 cm³/mol. The Morgan fingerprint density at radius 3 is 2.38 bits per heavy atom. The maximum atomic E-state index is 13.5. The topological polar surface area (TPSA) is 124 Å². The number of aromatic amines is 1. The van der Waals surface area contributed by atoms with Crippen LogP contribution in [0.25, 0.3) is 22.5 Å². The van der Waals surface area contributed by atoms with Crippen molar-refractivity contribution in [1.29, 1.82) is 0 Å². The van der Waals surface area contributed by atoms with Gasteiger partial charge in [-0.2, -0.15) is 17.8 Å². The number of carbonyl (C=O) groups is 2. The van der Waals surface area contributed by atoms with E-state index in [2.05, 4.69) is 45.5 Å². The van der Waals surface area contributed by atoms with Crippen molar-refractivity contribution in [1.82, 2.24) is 30.8 Å². The third-order valence-corrected chi connectivity index (χ3v) is 7.08. The number of carbonyl (C=O) groups excluding carboxylic acids is 2. The molecule has 0 fully saturated rings. The van der Waals surface area contributed by atoms with E-state index in [1.807, 2.05) is 62.4 Å². The van der Waals surface area contributed by atoms with E-state index < -0.39 is 12.6 Å². The fourth-order valence-corrected chi connectivity index (χ4v) is 4.88. The van der Waals surface area contributed by atoms with Crippen molar-refractivity contribution in [2.45, 2.75) is 59.0 Å². The average Bonchev–Trinajstić information content (AvgIpc) is 3.49. The van der Waals surface area contributed by atoms with E-state index in [1.54, 1.807) is 4.90 Å². The summed E-state index contributed by atoms with van der Waals surface area (Å²) in [5.41, 5.74) is 3.79. The minimum Gasteiger partial charge on any atom is -0.394 e. The van der Waals surface area contributed by atoms with Crippen LogP contribution in [0.3, 0.4) is 0 Å². The number of aromatic nitrogens is 4. The zero-order chi connectivity index (χ0) is 28.2. The molecule has 2 amide bonds. The van der Waals surface area contributed by atoms with Gasteiger partial charge in [-0.25, -0.2) is 0 Å². The minimum absolute atomic E-state index is 0.246. The average molecular weight is 553 g/mol. The van der Waals surface area contributed by atoms with Crippen LogP contribution >= 0.6 is 12.6 Å². The van der Waals surface area contributed by atoms with Crippen molar-refractivity contribution in [2.24, 2.45) is 11.8 Å². The number of nitrogens with one attached hydrogen (secondary N) is 2. The fraction of sp³-hybridized carbons (Fsp3) is 0.483. The molecule has 10 heteroatoms. The Kier molecular flexibility index (Phi) is 11.9. The number of hydrogen-bond acceptors (Lipinski definition) is 7. The molecule has 3 rings (SSSR count). The normalized spacial score (nSPS) is 12.8. The predicted octanol–water partition coefficient (Wildman–Crippen LogP) is 4.12. The zero-order valence-corrected chi connectivity index (χ0v) is 23.9. The molecule has 9 nitrogen and oxygen atoms in total. The van der Waals surface area contributed by atoms with Gasteiger partial charge in [-0.15, -0.1) is 10.2 Å². The number of benzene rings is 2. The van der Waals surface area contributed by atoms with E-state index >= 15 is 0 Å². The van der Waals surface area contributed by atoms with Crippen LogP contribution < -0.4 is 5.32 Å². The van der Waals surface area contributed by atoms with E-state index in [-0.39, 0.29) is 17.7 Å². The van der Waals surface area contributed by atoms with Gasteiger partial charge in [-0.1, -0.05) is 82.1 Å². The molecule has 0 aliphatic heterocycles. The number of hydrogen-bond donors (Lipinski definition) is 4. The largest absolute Gasteiger partial charge is 0.394 e. The van der Waals surface area contributed by atoms with Crippen molar-refractivity contribution in [3.05, 3.63) is 54.1 Å². The molecule has 0 aliphatic rings. The highest BCUT2D eigenvalue weighted by Gasteiger charge is 2.28. The van der Waals surface area contributed by atoms with Gasteiger partial charge in [-0.3, -0.25) is 9.59 Å². The van der Waals surface area contributed by atoms with Crippen LogP contribution in [0.4, 0.5) is 0 Å². The van der Waals surface area contributed by atoms with Crippen molar-refractivity contribution in [3.8, 4) is 22.5 Å². The smallest absolute Gasteiger partial charge is 0.247 e. The summed E-state index contributed by atoms with van der Waals surface area (Å²) in [6.45, 7) is 6.67. The lowest BCUT2D eigenvalue weighted by atomic mass is 9.97. The molecular weight excluding hydrogens is 512 g/mol. The second kappa shape index (κ2) is 15.4. The molecule has 3 aromatic rings. The van der Waals surface area contributed by atoms with Gasteiger partial charge in [0.2, 0.25) is 17.6 Å². The minimum atomic E-state index is -0.991. The molecular formula is C29H40N6O3S. The molecule has 2 atom stereocenters. The van der Waals surface area contributed by atoms with Gasteiger partial charge in [0.25, 0.3) is 0 Å². The number of rotatable bonds is 15. The highest BCUT2D eigenvalue weighted by molar-refractivity contribution is 7.80. The molecule has 210 valence electrons. The van der Waals surface area contributed by atoms with Gasteiger partial charge in [0.1, 0.15) is 6.04 Å². The third kappa shape index (κ3) is 8.63. The number of H-pyrrole nitrogens is 1. The Bertz CT molecular complexity index is 1170. The number of aliphatic hydroxyl groups is 1. The lowest BCUT2D eigenvalue weighted by Crippen LogP contribution is -2.52. The first-order valence-corrected chi connectivity index (χ1v) is 14.2. The van der Waals surface area contributed by atoms with E-state index in [0.29, 0.717) is 37.0 Å². The standard InChI is InChI=1S/C29H40N6O3S/c1-4-5-8-15-35(29(38)26(18-36)30-28(37)23(19-39)16-20(2)3)17-21-11-13-22(14-12-21)24-9-6-7-10-25(24)27-31-33-34-32-27/h6-7,9-14,20,23,26,36,39H,4-5,8,15-19H2,1-3H3,(H,30,37)(H,31,32,33,34)/t23?,26-/m0/s1. The number of tetrazole rings is 1. The highest BCUT2D eigenvalue weighted by atomic mass is 32.1. The summed E-state index contributed by atoms with van der Waals surface area (Å²) in [6, 6.07) is 14.9. The summed E-state index contributed by atoms with van der Waals surface area (Å²) in [7, 11) is 0. The Balaban J connectivity index is 1.76. The van der Waals surface area contributed by atoms with Gasteiger partial charge >= 0.3 is 0 Å². The number of nitrogens with zero attached hydrogens (tertiary/aromatic N) is 4. The Morgan fingerprint density at radius 1 is 1.08 bits per heavy atom. The first kappa shape index (κ1) is 30.3. The van der Waals surface area contributed by atoms with Crippen LogP contribution in [0.1, 0.15) is 52.0 Å². The summed E-state index contributed by atoms with van der Waals surface area (Å²) in [6.07, 6.45) is 3.53. The summed E-state index contributed by atoms with van der Waals surface area (Å²) < 4.78 is 0. The molecule has 0 bridgehead atoms. The number of aliphatic hydroxyl groups excluding tert-OH is 1. The van der Waals surface area contributed by atoms with Crippen LogP contribution in [0, 0.1) is 11.8 Å². The molecule has 0 radical (unpaired) electrons. The lowest BCUT2D eigenvalue weighted by molar-refractivity contribution is -0.139. The summed E-state index contributed by atoms with van der Waals surface area (Å²) in [5.74, 6) is 0.391. The maximum absolute atomic E-state index is 13.5. The lowest BCUT2D eigenvalue weighted by Gasteiger charge is -2.28. The van der Waals surface area contributed by atoms with Crippen LogP contribution in [0.5, 0.6) is 0 Å². The Morgan fingerprint density at radius 2 is 1.79 bits per heavy atom. The van der Waals surface area contributed by atoms with E-state index in [4.69, 9.17) is 0 Å². The second-order valence-corrected chi connectivity index (χ2v) is 10.6.